The molecule has 1 saturated heterocycles. The molecule has 0 radical (unpaired) electrons. The van der Waals surface area contributed by atoms with Gasteiger partial charge in [0.2, 0.25) is 0 Å². The van der Waals surface area contributed by atoms with Crippen molar-refractivity contribution in [2.24, 2.45) is 0 Å². The van der Waals surface area contributed by atoms with Crippen LogP contribution in [0.3, 0.4) is 0 Å². The lowest BCUT2D eigenvalue weighted by Gasteiger charge is -2.37. The maximum atomic E-state index is 12.4. The van der Waals surface area contributed by atoms with Crippen molar-refractivity contribution < 1.29 is 9.53 Å². The maximum absolute atomic E-state index is 12.4. The maximum Gasteiger partial charge on any atom is 0.322 e. The van der Waals surface area contributed by atoms with Crippen LogP contribution in [0.25, 0.3) is 5.69 Å². The Hall–Kier alpha value is -2.34. The topological polar surface area (TPSA) is 59.4 Å². The zero-order valence-electron chi connectivity index (χ0n) is 12.8. The molecule has 2 amide bonds. The van der Waals surface area contributed by atoms with Gasteiger partial charge >= 0.3 is 6.03 Å². The zero-order valence-corrected chi connectivity index (χ0v) is 12.8. The normalized spacial score (nSPS) is 21.6. The number of urea groups is 1. The molecule has 1 fully saturated rings. The summed E-state index contributed by atoms with van der Waals surface area (Å²) in [4.78, 5) is 14.2. The van der Waals surface area contributed by atoms with E-state index in [1.807, 2.05) is 55.3 Å². The third kappa shape index (κ3) is 2.96. The number of carbonyl (C=O) groups excluding carboxylic acids is 1. The SMILES string of the molecule is C[C@H]1OCCN(C(=O)Nc2ccc(-n3cccn3)cc2)[C@H]1C. The molecule has 0 aliphatic carbocycles. The van der Waals surface area contributed by atoms with E-state index >= 15 is 0 Å². The van der Waals surface area contributed by atoms with Gasteiger partial charge in [0.15, 0.2) is 0 Å². The van der Waals surface area contributed by atoms with Crippen molar-refractivity contribution in [3.63, 3.8) is 0 Å². The molecule has 1 aliphatic rings. The Morgan fingerprint density at radius 3 is 2.77 bits per heavy atom. The van der Waals surface area contributed by atoms with Gasteiger partial charge in [0, 0.05) is 24.6 Å². The van der Waals surface area contributed by atoms with E-state index < -0.39 is 0 Å². The summed E-state index contributed by atoms with van der Waals surface area (Å²) in [5.74, 6) is 0. The second-order valence-corrected chi connectivity index (χ2v) is 5.44. The number of anilines is 1. The molecular weight excluding hydrogens is 280 g/mol. The summed E-state index contributed by atoms with van der Waals surface area (Å²) in [7, 11) is 0. The molecule has 0 bridgehead atoms. The number of rotatable bonds is 2. The number of amides is 2. The van der Waals surface area contributed by atoms with E-state index in [9.17, 15) is 4.79 Å². The smallest absolute Gasteiger partial charge is 0.322 e. The average Bonchev–Trinajstić information content (AvgIpc) is 3.05. The molecule has 2 atom stereocenters. The van der Waals surface area contributed by atoms with Crippen LogP contribution in [0.4, 0.5) is 10.5 Å². The highest BCUT2D eigenvalue weighted by molar-refractivity contribution is 5.89. The average molecular weight is 300 g/mol. The van der Waals surface area contributed by atoms with E-state index in [-0.39, 0.29) is 18.2 Å². The number of benzene rings is 1. The highest BCUT2D eigenvalue weighted by Crippen LogP contribution is 2.17. The lowest BCUT2D eigenvalue weighted by molar-refractivity contribution is -0.0355. The molecule has 1 aliphatic heterocycles. The standard InChI is InChI=1S/C16H20N4O2/c1-12-13(2)22-11-10-19(12)16(21)18-14-4-6-15(7-5-14)20-9-3-8-17-20/h3-9,12-13H,10-11H2,1-2H3,(H,18,21)/t12-,13+/m0/s1. The van der Waals surface area contributed by atoms with Crippen molar-refractivity contribution in [2.75, 3.05) is 18.5 Å². The van der Waals surface area contributed by atoms with Gasteiger partial charge in [-0.05, 0) is 44.2 Å². The Kier molecular flexibility index (Phi) is 4.11. The van der Waals surface area contributed by atoms with Crippen LogP contribution < -0.4 is 5.32 Å². The summed E-state index contributed by atoms with van der Waals surface area (Å²) >= 11 is 0. The molecule has 6 heteroatoms. The molecule has 0 unspecified atom stereocenters. The van der Waals surface area contributed by atoms with Gasteiger partial charge in [-0.25, -0.2) is 9.48 Å². The van der Waals surface area contributed by atoms with Crippen LogP contribution in [0.15, 0.2) is 42.7 Å². The number of nitrogens with zero attached hydrogens (tertiary/aromatic N) is 3. The fourth-order valence-electron chi connectivity index (χ4n) is 2.53. The molecule has 116 valence electrons. The molecule has 2 heterocycles. The van der Waals surface area contributed by atoms with E-state index in [1.54, 1.807) is 10.9 Å². The summed E-state index contributed by atoms with van der Waals surface area (Å²) in [6, 6.07) is 9.46. The van der Waals surface area contributed by atoms with Crippen molar-refractivity contribution in [1.82, 2.24) is 14.7 Å². The van der Waals surface area contributed by atoms with Gasteiger partial charge in [0.1, 0.15) is 0 Å². The predicted molar refractivity (Wildman–Crippen MR) is 84.2 cm³/mol. The predicted octanol–water partition coefficient (Wildman–Crippen LogP) is 2.51. The minimum absolute atomic E-state index is 0.0571. The van der Waals surface area contributed by atoms with Crippen molar-refractivity contribution in [2.45, 2.75) is 26.0 Å². The van der Waals surface area contributed by atoms with Gasteiger partial charge < -0.3 is 15.0 Å². The van der Waals surface area contributed by atoms with Crippen LogP contribution in [0.2, 0.25) is 0 Å². The van der Waals surface area contributed by atoms with E-state index in [0.717, 1.165) is 11.4 Å². The summed E-state index contributed by atoms with van der Waals surface area (Å²) in [5.41, 5.74) is 1.73. The monoisotopic (exact) mass is 300 g/mol. The quantitative estimate of drug-likeness (QED) is 0.927. The van der Waals surface area contributed by atoms with Gasteiger partial charge in [-0.2, -0.15) is 5.10 Å². The van der Waals surface area contributed by atoms with Crippen LogP contribution in [-0.4, -0.2) is 46.0 Å². The highest BCUT2D eigenvalue weighted by Gasteiger charge is 2.29. The fourth-order valence-corrected chi connectivity index (χ4v) is 2.53. The summed E-state index contributed by atoms with van der Waals surface area (Å²) < 4.78 is 7.32. The number of carbonyl (C=O) groups is 1. The van der Waals surface area contributed by atoms with Gasteiger partial charge in [0.05, 0.1) is 24.4 Å². The molecular formula is C16H20N4O2. The first kappa shape index (κ1) is 14.6. The van der Waals surface area contributed by atoms with Crippen molar-refractivity contribution >= 4 is 11.7 Å². The van der Waals surface area contributed by atoms with Crippen LogP contribution >= 0.6 is 0 Å². The van der Waals surface area contributed by atoms with Crippen molar-refractivity contribution in [3.05, 3.63) is 42.7 Å². The molecule has 1 aromatic heterocycles. The number of nitrogens with one attached hydrogen (secondary N) is 1. The first-order valence-electron chi connectivity index (χ1n) is 7.44. The molecule has 0 saturated carbocycles. The number of aromatic nitrogens is 2. The van der Waals surface area contributed by atoms with Crippen LogP contribution in [-0.2, 0) is 4.74 Å². The van der Waals surface area contributed by atoms with Gasteiger partial charge in [-0.15, -0.1) is 0 Å². The third-order valence-electron chi connectivity index (χ3n) is 4.03. The lowest BCUT2D eigenvalue weighted by Crippen LogP contribution is -2.52. The summed E-state index contributed by atoms with van der Waals surface area (Å²) in [5, 5.41) is 7.11. The minimum atomic E-state index is -0.0884. The summed E-state index contributed by atoms with van der Waals surface area (Å²) in [6.07, 6.45) is 3.67. The van der Waals surface area contributed by atoms with Gasteiger partial charge in [0.25, 0.3) is 0 Å². The second kappa shape index (κ2) is 6.19. The number of morpholine rings is 1. The minimum Gasteiger partial charge on any atom is -0.375 e. The fraction of sp³-hybridized carbons (Fsp3) is 0.375. The Morgan fingerprint density at radius 2 is 2.09 bits per heavy atom. The molecule has 0 spiro atoms. The molecule has 22 heavy (non-hydrogen) atoms. The van der Waals surface area contributed by atoms with E-state index in [0.29, 0.717) is 13.2 Å². The third-order valence-corrected chi connectivity index (χ3v) is 4.03. The van der Waals surface area contributed by atoms with E-state index in [4.69, 9.17) is 4.74 Å². The van der Waals surface area contributed by atoms with Crippen molar-refractivity contribution in [1.29, 1.82) is 0 Å². The molecule has 1 N–H and O–H groups in total. The van der Waals surface area contributed by atoms with Crippen molar-refractivity contribution in [3.8, 4) is 5.69 Å². The van der Waals surface area contributed by atoms with Gasteiger partial charge in [-0.1, -0.05) is 0 Å². The zero-order chi connectivity index (χ0) is 15.5. The van der Waals surface area contributed by atoms with Crippen LogP contribution in [0.5, 0.6) is 0 Å². The van der Waals surface area contributed by atoms with Gasteiger partial charge in [-0.3, -0.25) is 0 Å². The Labute approximate surface area is 129 Å². The molecule has 6 nitrogen and oxygen atoms in total. The molecule has 2 aromatic rings. The number of hydrogen-bond acceptors (Lipinski definition) is 3. The van der Waals surface area contributed by atoms with Crippen LogP contribution in [0.1, 0.15) is 13.8 Å². The van der Waals surface area contributed by atoms with Crippen LogP contribution in [0, 0.1) is 0 Å². The Bertz CT molecular complexity index is 624. The first-order valence-corrected chi connectivity index (χ1v) is 7.44. The Balaban J connectivity index is 1.66. The summed E-state index contributed by atoms with van der Waals surface area (Å²) in [6.45, 7) is 5.19. The second-order valence-electron chi connectivity index (χ2n) is 5.44. The first-order chi connectivity index (χ1) is 10.6. The largest absolute Gasteiger partial charge is 0.375 e. The highest BCUT2D eigenvalue weighted by atomic mass is 16.5. The molecule has 1 aromatic carbocycles. The molecule has 3 rings (SSSR count). The Morgan fingerprint density at radius 1 is 1.32 bits per heavy atom. The van der Waals surface area contributed by atoms with E-state index in [2.05, 4.69) is 10.4 Å². The lowest BCUT2D eigenvalue weighted by atomic mass is 10.1. The van der Waals surface area contributed by atoms with E-state index in [1.165, 1.54) is 0 Å². The number of hydrogen-bond donors (Lipinski definition) is 1. The number of ether oxygens (including phenoxy) is 1.